The van der Waals surface area contributed by atoms with Crippen LogP contribution in [0.2, 0.25) is 0 Å². The van der Waals surface area contributed by atoms with E-state index in [1.807, 2.05) is 0 Å². The zero-order valence-corrected chi connectivity index (χ0v) is 13.7. The number of nitrogens with one attached hydrogen (secondary N) is 2. The third kappa shape index (κ3) is 6.62. The lowest BCUT2D eigenvalue weighted by molar-refractivity contribution is 0.0570. The van der Waals surface area contributed by atoms with Crippen LogP contribution in [0.5, 0.6) is 0 Å². The summed E-state index contributed by atoms with van der Waals surface area (Å²) < 4.78 is 33.1. The predicted octanol–water partition coefficient (Wildman–Crippen LogP) is 2.47. The summed E-state index contributed by atoms with van der Waals surface area (Å²) in [6.07, 6.45) is -1.02. The molecule has 0 unspecified atom stereocenters. The Morgan fingerprint density at radius 2 is 1.74 bits per heavy atom. The third-order valence-electron chi connectivity index (χ3n) is 1.71. The van der Waals surface area contributed by atoms with E-state index >= 15 is 0 Å². The molecule has 19 heavy (non-hydrogen) atoms. The highest BCUT2D eigenvalue weighted by Gasteiger charge is 2.21. The number of hydrogen-bond acceptors (Lipinski definition) is 4. The van der Waals surface area contributed by atoms with Gasteiger partial charge in [0.15, 0.2) is 0 Å². The SMILES string of the molecule is CC(C)(C)OC(=O)NS(=O)(=O)Nc1ccc(I)cc1. The monoisotopic (exact) mass is 398 g/mol. The van der Waals surface area contributed by atoms with Crippen molar-refractivity contribution in [3.63, 3.8) is 0 Å². The number of benzene rings is 1. The van der Waals surface area contributed by atoms with Crippen molar-refractivity contribution in [3.8, 4) is 0 Å². The summed E-state index contributed by atoms with van der Waals surface area (Å²) in [4.78, 5) is 11.4. The minimum Gasteiger partial charge on any atom is -0.443 e. The Hall–Kier alpha value is -1.03. The molecule has 0 saturated carbocycles. The van der Waals surface area contributed by atoms with Gasteiger partial charge >= 0.3 is 16.3 Å². The first kappa shape index (κ1) is 16.0. The maximum Gasteiger partial charge on any atom is 0.422 e. The number of ether oxygens (including phenoxy) is 1. The third-order valence-corrected chi connectivity index (χ3v) is 3.37. The number of amides is 1. The molecule has 1 aromatic rings. The van der Waals surface area contributed by atoms with Crippen molar-refractivity contribution in [2.45, 2.75) is 26.4 Å². The molecule has 106 valence electrons. The number of anilines is 1. The maximum absolute atomic E-state index is 11.7. The lowest BCUT2D eigenvalue weighted by Crippen LogP contribution is -2.39. The van der Waals surface area contributed by atoms with Crippen molar-refractivity contribution in [2.75, 3.05) is 4.72 Å². The maximum atomic E-state index is 11.7. The average Bonchev–Trinajstić information content (AvgIpc) is 2.17. The smallest absolute Gasteiger partial charge is 0.422 e. The highest BCUT2D eigenvalue weighted by Crippen LogP contribution is 2.12. The van der Waals surface area contributed by atoms with E-state index in [0.717, 1.165) is 3.57 Å². The first-order chi connectivity index (χ1) is 8.57. The Bertz CT molecular complexity index is 549. The summed E-state index contributed by atoms with van der Waals surface area (Å²) in [5.41, 5.74) is -0.404. The molecule has 2 N–H and O–H groups in total. The second-order valence-electron chi connectivity index (χ2n) is 4.72. The van der Waals surface area contributed by atoms with Gasteiger partial charge in [0.1, 0.15) is 5.60 Å². The molecule has 0 radical (unpaired) electrons. The van der Waals surface area contributed by atoms with Crippen LogP contribution in [0.1, 0.15) is 20.8 Å². The van der Waals surface area contributed by atoms with E-state index < -0.39 is 21.9 Å². The number of carbonyl (C=O) groups excluding carboxylic acids is 1. The fourth-order valence-electron chi connectivity index (χ4n) is 1.11. The van der Waals surface area contributed by atoms with Gasteiger partial charge in [-0.15, -0.1) is 0 Å². The Morgan fingerprint density at radius 1 is 1.21 bits per heavy atom. The van der Waals surface area contributed by atoms with Crippen molar-refractivity contribution >= 4 is 44.6 Å². The Labute approximate surface area is 126 Å². The average molecular weight is 398 g/mol. The van der Waals surface area contributed by atoms with E-state index in [1.54, 1.807) is 49.8 Å². The number of rotatable bonds is 3. The number of halogens is 1. The Balaban J connectivity index is 2.67. The topological polar surface area (TPSA) is 84.5 Å². The van der Waals surface area contributed by atoms with Crippen molar-refractivity contribution in [3.05, 3.63) is 27.8 Å². The first-order valence-corrected chi connectivity index (χ1v) is 7.93. The molecule has 8 heteroatoms. The molecule has 0 aliphatic heterocycles. The van der Waals surface area contributed by atoms with Crippen LogP contribution < -0.4 is 9.44 Å². The highest BCUT2D eigenvalue weighted by molar-refractivity contribution is 14.1. The van der Waals surface area contributed by atoms with E-state index in [-0.39, 0.29) is 0 Å². The first-order valence-electron chi connectivity index (χ1n) is 5.36. The van der Waals surface area contributed by atoms with Crippen LogP contribution >= 0.6 is 22.6 Å². The van der Waals surface area contributed by atoms with Gasteiger partial charge in [0, 0.05) is 3.57 Å². The minimum atomic E-state index is -4.00. The molecule has 0 aliphatic rings. The lowest BCUT2D eigenvalue weighted by Gasteiger charge is -2.19. The summed E-state index contributed by atoms with van der Waals surface area (Å²) in [5.74, 6) is 0. The van der Waals surface area contributed by atoms with E-state index in [2.05, 4.69) is 27.3 Å². The van der Waals surface area contributed by atoms with Crippen molar-refractivity contribution in [2.24, 2.45) is 0 Å². The largest absolute Gasteiger partial charge is 0.443 e. The van der Waals surface area contributed by atoms with Gasteiger partial charge < -0.3 is 4.74 Å². The van der Waals surface area contributed by atoms with Crippen LogP contribution in [-0.2, 0) is 14.9 Å². The van der Waals surface area contributed by atoms with Gasteiger partial charge in [0.25, 0.3) is 0 Å². The second-order valence-corrected chi connectivity index (χ2v) is 7.38. The van der Waals surface area contributed by atoms with Crippen LogP contribution in [0.15, 0.2) is 24.3 Å². The quantitative estimate of drug-likeness (QED) is 0.767. The molecule has 1 aromatic carbocycles. The van der Waals surface area contributed by atoms with Gasteiger partial charge in [-0.1, -0.05) is 0 Å². The molecule has 0 fully saturated rings. The van der Waals surface area contributed by atoms with Crippen LogP contribution in [-0.4, -0.2) is 20.1 Å². The van der Waals surface area contributed by atoms with Crippen LogP contribution in [0, 0.1) is 3.57 Å². The Morgan fingerprint density at radius 3 is 2.21 bits per heavy atom. The minimum absolute atomic E-state index is 0.358. The summed E-state index contributed by atoms with van der Waals surface area (Å²) in [5, 5.41) is 0. The van der Waals surface area contributed by atoms with E-state index in [1.165, 1.54) is 0 Å². The standard InChI is InChI=1S/C11H15IN2O4S/c1-11(2,3)18-10(15)14-19(16,17)13-9-6-4-8(12)5-7-9/h4-7,13H,1-3H3,(H,14,15). The molecule has 0 heterocycles. The zero-order chi connectivity index (χ0) is 14.7. The van der Waals surface area contributed by atoms with Crippen molar-refractivity contribution in [1.29, 1.82) is 0 Å². The van der Waals surface area contributed by atoms with Gasteiger partial charge in [0.05, 0.1) is 5.69 Å². The molecule has 0 bridgehead atoms. The molecule has 0 aromatic heterocycles. The lowest BCUT2D eigenvalue weighted by atomic mass is 10.2. The van der Waals surface area contributed by atoms with Gasteiger partial charge in [-0.05, 0) is 67.6 Å². The zero-order valence-electron chi connectivity index (χ0n) is 10.7. The van der Waals surface area contributed by atoms with Crippen LogP contribution in [0.3, 0.4) is 0 Å². The molecule has 0 spiro atoms. The van der Waals surface area contributed by atoms with E-state index in [0.29, 0.717) is 5.69 Å². The summed E-state index contributed by atoms with van der Waals surface area (Å²) in [7, 11) is -4.00. The van der Waals surface area contributed by atoms with Gasteiger partial charge in [0.2, 0.25) is 0 Å². The molecular weight excluding hydrogens is 383 g/mol. The fraction of sp³-hybridized carbons (Fsp3) is 0.364. The molecule has 0 aliphatic carbocycles. The number of hydrogen-bond donors (Lipinski definition) is 2. The van der Waals surface area contributed by atoms with Crippen LogP contribution in [0.25, 0.3) is 0 Å². The Kier molecular flexibility index (Phi) is 5.02. The van der Waals surface area contributed by atoms with Gasteiger partial charge in [-0.3, -0.25) is 4.72 Å². The number of carbonyl (C=O) groups is 1. The fourth-order valence-corrected chi connectivity index (χ4v) is 2.23. The molecule has 0 atom stereocenters. The van der Waals surface area contributed by atoms with Crippen LogP contribution in [0.4, 0.5) is 10.5 Å². The summed E-state index contributed by atoms with van der Waals surface area (Å²) in [6.45, 7) is 4.93. The molecule has 6 nitrogen and oxygen atoms in total. The summed E-state index contributed by atoms with van der Waals surface area (Å²) >= 11 is 2.10. The molecule has 1 rings (SSSR count). The molecule has 1 amide bonds. The van der Waals surface area contributed by atoms with Gasteiger partial charge in [-0.2, -0.15) is 8.42 Å². The van der Waals surface area contributed by atoms with Gasteiger partial charge in [-0.25, -0.2) is 9.52 Å². The summed E-state index contributed by atoms with van der Waals surface area (Å²) in [6, 6.07) is 6.67. The predicted molar refractivity (Wildman–Crippen MR) is 81.1 cm³/mol. The molecular formula is C11H15IN2O4S. The normalized spacial score (nSPS) is 11.8. The molecule has 0 saturated heterocycles. The van der Waals surface area contributed by atoms with Crippen molar-refractivity contribution in [1.82, 2.24) is 4.72 Å². The second kappa shape index (κ2) is 5.95. The van der Waals surface area contributed by atoms with E-state index in [9.17, 15) is 13.2 Å². The van der Waals surface area contributed by atoms with Crippen molar-refractivity contribution < 1.29 is 17.9 Å². The van der Waals surface area contributed by atoms with E-state index in [4.69, 9.17) is 4.74 Å². The highest BCUT2D eigenvalue weighted by atomic mass is 127.